The molecule has 1 amide bonds. The second-order valence-electron chi connectivity index (χ2n) is 6.79. The molecule has 0 unspecified atom stereocenters. The Bertz CT molecular complexity index is 951. The molecule has 148 valence electrons. The summed E-state index contributed by atoms with van der Waals surface area (Å²) in [6, 6.07) is 7.72. The Morgan fingerprint density at radius 2 is 2.14 bits per heavy atom. The molecule has 1 aliphatic rings. The molecule has 1 aliphatic heterocycles. The van der Waals surface area contributed by atoms with E-state index in [4.69, 9.17) is 0 Å². The van der Waals surface area contributed by atoms with Gasteiger partial charge in [0, 0.05) is 44.4 Å². The molecule has 0 bridgehead atoms. The number of halogens is 1. The van der Waals surface area contributed by atoms with Gasteiger partial charge in [-0.15, -0.1) is 22.6 Å². The van der Waals surface area contributed by atoms with Gasteiger partial charge in [-0.05, 0) is 24.6 Å². The lowest BCUT2D eigenvalue weighted by atomic mass is 9.90. The number of aromatic nitrogens is 5. The molecule has 4 rings (SSSR count). The Labute approximate surface area is 169 Å². The predicted octanol–water partition coefficient (Wildman–Crippen LogP) is 2.06. The van der Waals surface area contributed by atoms with E-state index in [9.17, 15) is 4.79 Å². The Morgan fingerprint density at radius 1 is 1.32 bits per heavy atom. The molecule has 0 spiro atoms. The zero-order valence-electron chi connectivity index (χ0n) is 15.9. The molecule has 9 heteroatoms. The highest BCUT2D eigenvalue weighted by molar-refractivity contribution is 5.97. The van der Waals surface area contributed by atoms with Crippen LogP contribution in [-0.2, 0) is 18.4 Å². The summed E-state index contributed by atoms with van der Waals surface area (Å²) in [6.07, 6.45) is 5.53. The average molecular weight is 402 g/mol. The van der Waals surface area contributed by atoms with Gasteiger partial charge in [-0.25, -0.2) is 0 Å². The molecule has 1 fully saturated rings. The first-order valence-electron chi connectivity index (χ1n) is 9.14. The highest BCUT2D eigenvalue weighted by Crippen LogP contribution is 2.31. The molecule has 1 aromatic carbocycles. The maximum atomic E-state index is 13.1. The number of carbonyl (C=O) groups is 1. The van der Waals surface area contributed by atoms with Gasteiger partial charge in [0.15, 0.2) is 5.82 Å². The van der Waals surface area contributed by atoms with Gasteiger partial charge < -0.3 is 15.2 Å². The first-order valence-corrected chi connectivity index (χ1v) is 9.14. The minimum absolute atomic E-state index is 0. The summed E-state index contributed by atoms with van der Waals surface area (Å²) in [6.45, 7) is 4.23. The average Bonchev–Trinajstić information content (AvgIpc) is 3.41. The Morgan fingerprint density at radius 3 is 2.89 bits per heavy atom. The second-order valence-corrected chi connectivity index (χ2v) is 6.79. The maximum Gasteiger partial charge on any atom is 0.229 e. The van der Waals surface area contributed by atoms with Gasteiger partial charge in [-0.3, -0.25) is 9.48 Å². The van der Waals surface area contributed by atoms with E-state index in [0.717, 1.165) is 35.7 Å². The van der Waals surface area contributed by atoms with Crippen LogP contribution in [-0.4, -0.2) is 43.5 Å². The van der Waals surface area contributed by atoms with Crippen molar-refractivity contribution in [1.82, 2.24) is 29.9 Å². The summed E-state index contributed by atoms with van der Waals surface area (Å²) >= 11 is 0. The van der Waals surface area contributed by atoms with Crippen molar-refractivity contribution in [2.45, 2.75) is 19.4 Å². The van der Waals surface area contributed by atoms with Crippen LogP contribution in [0.5, 0.6) is 0 Å². The molecule has 0 radical (unpaired) electrons. The first-order chi connectivity index (χ1) is 13.2. The first kappa shape index (κ1) is 20.0. The molecule has 0 saturated carbocycles. The molecule has 1 saturated heterocycles. The van der Waals surface area contributed by atoms with E-state index in [1.165, 1.54) is 0 Å². The van der Waals surface area contributed by atoms with Crippen LogP contribution in [0.4, 0.5) is 5.69 Å². The maximum absolute atomic E-state index is 13.1. The standard InChI is InChI=1S/C19H23N7O.ClH/c1-3-26-12-21-24-18(26)14-6-4-5-7-17(14)23-19(27)16-10-20-9-15(16)13-8-22-25(2)11-13;/h4-8,11-12,15-16,20H,3,9-10H2,1-2H3,(H,23,27);1H/t15-,16+;/m1./s1. The van der Waals surface area contributed by atoms with Crippen LogP contribution in [0, 0.1) is 5.92 Å². The number of hydrogen-bond donors (Lipinski definition) is 2. The van der Waals surface area contributed by atoms with Crippen molar-refractivity contribution >= 4 is 24.0 Å². The smallest absolute Gasteiger partial charge is 0.229 e. The van der Waals surface area contributed by atoms with Gasteiger partial charge in [-0.2, -0.15) is 5.10 Å². The monoisotopic (exact) mass is 401 g/mol. The summed E-state index contributed by atoms with van der Waals surface area (Å²) in [5.41, 5.74) is 2.71. The summed E-state index contributed by atoms with van der Waals surface area (Å²) in [5.74, 6) is 0.724. The van der Waals surface area contributed by atoms with Crippen LogP contribution >= 0.6 is 12.4 Å². The third kappa shape index (κ3) is 3.79. The van der Waals surface area contributed by atoms with E-state index in [1.807, 2.05) is 55.2 Å². The van der Waals surface area contributed by atoms with Crippen LogP contribution in [0.2, 0.25) is 0 Å². The zero-order valence-corrected chi connectivity index (χ0v) is 16.7. The minimum Gasteiger partial charge on any atom is -0.325 e. The van der Waals surface area contributed by atoms with Gasteiger partial charge in [0.25, 0.3) is 0 Å². The summed E-state index contributed by atoms with van der Waals surface area (Å²) in [5, 5.41) is 18.9. The summed E-state index contributed by atoms with van der Waals surface area (Å²) < 4.78 is 3.73. The third-order valence-corrected chi connectivity index (χ3v) is 5.09. The van der Waals surface area contributed by atoms with Crippen LogP contribution in [0.15, 0.2) is 43.0 Å². The van der Waals surface area contributed by atoms with Crippen molar-refractivity contribution in [3.05, 3.63) is 48.5 Å². The third-order valence-electron chi connectivity index (χ3n) is 5.09. The van der Waals surface area contributed by atoms with Crippen LogP contribution in [0.25, 0.3) is 11.4 Å². The Hall–Kier alpha value is -2.71. The number of anilines is 1. The normalized spacial score (nSPS) is 18.6. The van der Waals surface area contributed by atoms with E-state index in [0.29, 0.717) is 6.54 Å². The number of amides is 1. The molecular weight excluding hydrogens is 378 g/mol. The SMILES string of the molecule is CCn1cnnc1-c1ccccc1NC(=O)[C@H]1CNC[C@@H]1c1cnn(C)c1.Cl. The number of nitrogens with one attached hydrogen (secondary N) is 2. The van der Waals surface area contributed by atoms with Crippen molar-refractivity contribution in [3.63, 3.8) is 0 Å². The van der Waals surface area contributed by atoms with Gasteiger partial charge in [0.1, 0.15) is 6.33 Å². The highest BCUT2D eigenvalue weighted by atomic mass is 35.5. The lowest BCUT2D eigenvalue weighted by Gasteiger charge is -2.18. The Kier molecular flexibility index (Phi) is 6.11. The van der Waals surface area contributed by atoms with Crippen molar-refractivity contribution in [3.8, 4) is 11.4 Å². The predicted molar refractivity (Wildman–Crippen MR) is 109 cm³/mol. The quantitative estimate of drug-likeness (QED) is 0.683. The molecule has 2 aromatic heterocycles. The van der Waals surface area contributed by atoms with Crippen molar-refractivity contribution < 1.29 is 4.79 Å². The highest BCUT2D eigenvalue weighted by Gasteiger charge is 2.35. The molecule has 2 atom stereocenters. The molecule has 8 nitrogen and oxygen atoms in total. The van der Waals surface area contributed by atoms with E-state index in [-0.39, 0.29) is 30.2 Å². The summed E-state index contributed by atoms with van der Waals surface area (Å²) in [7, 11) is 1.89. The fourth-order valence-corrected chi connectivity index (χ4v) is 3.64. The fraction of sp³-hybridized carbons (Fsp3) is 0.368. The summed E-state index contributed by atoms with van der Waals surface area (Å²) in [4.78, 5) is 13.1. The van der Waals surface area contributed by atoms with E-state index in [1.54, 1.807) is 11.0 Å². The lowest BCUT2D eigenvalue weighted by molar-refractivity contribution is -0.119. The van der Waals surface area contributed by atoms with Crippen LogP contribution < -0.4 is 10.6 Å². The lowest BCUT2D eigenvalue weighted by Crippen LogP contribution is -2.28. The number of hydrogen-bond acceptors (Lipinski definition) is 5. The molecule has 3 heterocycles. The van der Waals surface area contributed by atoms with Crippen molar-refractivity contribution in [2.75, 3.05) is 18.4 Å². The number of carbonyl (C=O) groups excluding carboxylic acids is 1. The second kappa shape index (κ2) is 8.53. The number of rotatable bonds is 5. The van der Waals surface area contributed by atoms with E-state index < -0.39 is 0 Å². The van der Waals surface area contributed by atoms with Crippen molar-refractivity contribution in [1.29, 1.82) is 0 Å². The van der Waals surface area contributed by atoms with Gasteiger partial charge >= 0.3 is 0 Å². The molecule has 2 N–H and O–H groups in total. The van der Waals surface area contributed by atoms with Crippen molar-refractivity contribution in [2.24, 2.45) is 13.0 Å². The number of nitrogens with zero attached hydrogens (tertiary/aromatic N) is 5. The number of benzene rings is 1. The van der Waals surface area contributed by atoms with Gasteiger partial charge in [0.2, 0.25) is 5.91 Å². The van der Waals surface area contributed by atoms with E-state index in [2.05, 4.69) is 25.9 Å². The van der Waals surface area contributed by atoms with E-state index >= 15 is 0 Å². The zero-order chi connectivity index (χ0) is 18.8. The Balaban J connectivity index is 0.00000225. The molecule has 0 aliphatic carbocycles. The van der Waals surface area contributed by atoms with Crippen LogP contribution in [0.1, 0.15) is 18.4 Å². The van der Waals surface area contributed by atoms with Gasteiger partial charge in [-0.1, -0.05) is 12.1 Å². The molecule has 28 heavy (non-hydrogen) atoms. The number of para-hydroxylation sites is 1. The molecular formula is C19H24ClN7O. The largest absolute Gasteiger partial charge is 0.325 e. The number of aryl methyl sites for hydroxylation is 2. The topological polar surface area (TPSA) is 89.7 Å². The van der Waals surface area contributed by atoms with Gasteiger partial charge in [0.05, 0.1) is 17.8 Å². The fourth-order valence-electron chi connectivity index (χ4n) is 3.64. The minimum atomic E-state index is -0.147. The molecule has 3 aromatic rings. The van der Waals surface area contributed by atoms with Crippen LogP contribution in [0.3, 0.4) is 0 Å².